The van der Waals surface area contributed by atoms with E-state index in [4.69, 9.17) is 15.7 Å². The molecule has 1 aliphatic rings. The third-order valence-electron chi connectivity index (χ3n) is 4.35. The number of unbranched alkanes of at least 4 members (excludes halogenated alkanes) is 1. The number of nitrogens with two attached hydrogens (primary N) is 1. The molecule has 2 heterocycles. The van der Waals surface area contributed by atoms with Crippen LogP contribution < -0.4 is 5.84 Å². The van der Waals surface area contributed by atoms with Crippen LogP contribution in [0, 0.1) is 5.21 Å². The Hall–Kier alpha value is -3.70. The number of carboxylic acids is 1. The molecular formula is C19H22N6O5. The first-order valence-corrected chi connectivity index (χ1v) is 9.28. The topological polar surface area (TPSA) is 138 Å². The molecule has 0 bridgehead atoms. The number of hydrazone groups is 1. The van der Waals surface area contributed by atoms with Gasteiger partial charge in [-0.3, -0.25) is 9.78 Å². The largest absolute Gasteiger partial charge is 0.690 e. The standard InChI is InChI=1S/C19H22N6O5/c20-25-22(13-5-4-8-17(26)27)23(18(24(25)29)16-9-11-21-12-10-16)19(28)30-14-15-6-2-1-3-7-15/h1-3,6-7,9-12H,4-5,8,13-14,20H2,(H,26,27). The first kappa shape index (κ1) is 21.0. The maximum absolute atomic E-state index is 12.9. The first-order chi connectivity index (χ1) is 14.5. The first-order valence-electron chi connectivity index (χ1n) is 9.28. The van der Waals surface area contributed by atoms with E-state index in [0.717, 1.165) is 15.8 Å². The summed E-state index contributed by atoms with van der Waals surface area (Å²) in [6.45, 7) is 0.146. The van der Waals surface area contributed by atoms with Crippen LogP contribution in [-0.4, -0.2) is 54.7 Å². The predicted molar refractivity (Wildman–Crippen MR) is 105 cm³/mol. The Bertz CT molecular complexity index is 908. The lowest BCUT2D eigenvalue weighted by molar-refractivity contribution is -0.673. The zero-order valence-corrected chi connectivity index (χ0v) is 16.1. The maximum Gasteiger partial charge on any atom is 0.528 e. The van der Waals surface area contributed by atoms with E-state index in [-0.39, 0.29) is 25.4 Å². The van der Waals surface area contributed by atoms with Crippen LogP contribution in [-0.2, 0) is 16.1 Å². The van der Waals surface area contributed by atoms with Gasteiger partial charge in [-0.25, -0.2) is 0 Å². The second kappa shape index (κ2) is 9.67. The minimum absolute atomic E-state index is 0.0100. The van der Waals surface area contributed by atoms with Gasteiger partial charge in [0.2, 0.25) is 0 Å². The second-order valence-corrected chi connectivity index (χ2v) is 6.45. The van der Waals surface area contributed by atoms with Crippen molar-refractivity contribution in [1.82, 2.24) is 20.3 Å². The number of aliphatic carboxylic acids is 1. The maximum atomic E-state index is 12.9. The molecule has 1 aliphatic heterocycles. The molecule has 0 fully saturated rings. The van der Waals surface area contributed by atoms with E-state index in [1.807, 2.05) is 30.3 Å². The Kier molecular flexibility index (Phi) is 6.78. The molecule has 0 saturated heterocycles. The Morgan fingerprint density at radius 2 is 1.83 bits per heavy atom. The molecule has 0 aliphatic carbocycles. The van der Waals surface area contributed by atoms with Gasteiger partial charge in [-0.2, -0.15) is 10.6 Å². The quantitative estimate of drug-likeness (QED) is 0.284. The number of rotatable bonds is 8. The number of hydrazine groups is 4. The van der Waals surface area contributed by atoms with Crippen LogP contribution in [0.2, 0.25) is 0 Å². The summed E-state index contributed by atoms with van der Waals surface area (Å²) in [4.78, 5) is 28.0. The molecule has 30 heavy (non-hydrogen) atoms. The van der Waals surface area contributed by atoms with E-state index in [1.165, 1.54) is 17.5 Å². The van der Waals surface area contributed by atoms with Crippen molar-refractivity contribution in [3.8, 4) is 0 Å². The highest BCUT2D eigenvalue weighted by Gasteiger charge is 2.48. The number of pyridine rings is 1. The summed E-state index contributed by atoms with van der Waals surface area (Å²) in [5.74, 6) is 4.93. The number of amides is 1. The van der Waals surface area contributed by atoms with Crippen molar-refractivity contribution in [2.75, 3.05) is 6.54 Å². The van der Waals surface area contributed by atoms with E-state index in [0.29, 0.717) is 23.3 Å². The third-order valence-corrected chi connectivity index (χ3v) is 4.35. The second-order valence-electron chi connectivity index (χ2n) is 6.45. The summed E-state index contributed by atoms with van der Waals surface area (Å²) in [7, 11) is 0. The monoisotopic (exact) mass is 414 g/mol. The zero-order valence-electron chi connectivity index (χ0n) is 16.1. The number of amidine groups is 1. The van der Waals surface area contributed by atoms with E-state index >= 15 is 0 Å². The van der Waals surface area contributed by atoms with Crippen molar-refractivity contribution in [3.63, 3.8) is 0 Å². The van der Waals surface area contributed by atoms with Gasteiger partial charge in [0.25, 0.3) is 0 Å². The summed E-state index contributed by atoms with van der Waals surface area (Å²) in [6.07, 6.45) is 2.90. The highest BCUT2D eigenvalue weighted by Crippen LogP contribution is 2.19. The molecular weight excluding hydrogens is 392 g/mol. The molecule has 1 aromatic heterocycles. The summed E-state index contributed by atoms with van der Waals surface area (Å²) >= 11 is 0. The molecule has 158 valence electrons. The number of aromatic nitrogens is 1. The van der Waals surface area contributed by atoms with Gasteiger partial charge < -0.3 is 15.1 Å². The van der Waals surface area contributed by atoms with Crippen molar-refractivity contribution < 1.29 is 24.3 Å². The van der Waals surface area contributed by atoms with Gasteiger partial charge in [-0.05, 0) is 35.5 Å². The van der Waals surface area contributed by atoms with Crippen LogP contribution in [0.15, 0.2) is 54.9 Å². The number of nitrogens with zero attached hydrogens (tertiary/aromatic N) is 5. The fraction of sp³-hybridized carbons (Fsp3) is 0.263. The van der Waals surface area contributed by atoms with E-state index in [2.05, 4.69) is 4.98 Å². The van der Waals surface area contributed by atoms with Gasteiger partial charge in [0.15, 0.2) is 0 Å². The molecule has 2 aromatic rings. The number of hydrogen-bond donors (Lipinski definition) is 2. The molecule has 3 N–H and O–H groups in total. The van der Waals surface area contributed by atoms with Crippen LogP contribution in [0.3, 0.4) is 0 Å². The molecule has 11 heteroatoms. The number of carbonyl (C=O) groups excluding carboxylic acids is 1. The molecule has 0 radical (unpaired) electrons. The summed E-state index contributed by atoms with van der Waals surface area (Å²) in [5.41, 5.74) is 1.20. The fourth-order valence-electron chi connectivity index (χ4n) is 2.90. The smallest absolute Gasteiger partial charge is 0.528 e. The number of carboxylic acid groups (broad SMARTS) is 1. The normalized spacial score (nSPS) is 14.3. The van der Waals surface area contributed by atoms with Gasteiger partial charge in [0.1, 0.15) is 6.61 Å². The van der Waals surface area contributed by atoms with E-state index in [1.54, 1.807) is 12.1 Å². The minimum Gasteiger partial charge on any atom is -0.690 e. The lowest BCUT2D eigenvalue weighted by atomic mass is 10.2. The number of ether oxygens (including phenoxy) is 1. The minimum atomic E-state index is -0.922. The molecule has 0 unspecified atom stereocenters. The molecule has 0 atom stereocenters. The summed E-state index contributed by atoms with van der Waals surface area (Å²) in [6, 6.07) is 12.3. The Balaban J connectivity index is 1.81. The van der Waals surface area contributed by atoms with E-state index in [9.17, 15) is 14.8 Å². The third kappa shape index (κ3) is 4.82. The van der Waals surface area contributed by atoms with Gasteiger partial charge in [0.05, 0.1) is 12.1 Å². The van der Waals surface area contributed by atoms with Crippen molar-refractivity contribution in [2.45, 2.75) is 25.9 Å². The Labute approximate surface area is 172 Å². The van der Waals surface area contributed by atoms with Crippen LogP contribution >= 0.6 is 0 Å². The van der Waals surface area contributed by atoms with E-state index < -0.39 is 12.1 Å². The van der Waals surface area contributed by atoms with Crippen LogP contribution in [0.4, 0.5) is 4.79 Å². The van der Waals surface area contributed by atoms with Crippen LogP contribution in [0.1, 0.15) is 30.4 Å². The number of carbonyl (C=O) groups is 2. The van der Waals surface area contributed by atoms with Gasteiger partial charge >= 0.3 is 17.9 Å². The summed E-state index contributed by atoms with van der Waals surface area (Å²) < 4.78 is 5.40. The molecule has 3 rings (SSSR count). The van der Waals surface area contributed by atoms with Crippen LogP contribution in [0.25, 0.3) is 0 Å². The predicted octanol–water partition coefficient (Wildman–Crippen LogP) is 1.47. The molecule has 1 aromatic carbocycles. The highest BCUT2D eigenvalue weighted by molar-refractivity contribution is 6.03. The number of hydrogen-bond acceptors (Lipinski definition) is 8. The Morgan fingerprint density at radius 3 is 2.50 bits per heavy atom. The average molecular weight is 414 g/mol. The van der Waals surface area contributed by atoms with Crippen molar-refractivity contribution in [1.29, 1.82) is 0 Å². The fourth-order valence-corrected chi connectivity index (χ4v) is 2.90. The zero-order chi connectivity index (χ0) is 21.5. The lowest BCUT2D eigenvalue weighted by Gasteiger charge is -2.24. The van der Waals surface area contributed by atoms with Gasteiger partial charge in [0, 0.05) is 23.9 Å². The van der Waals surface area contributed by atoms with Crippen LogP contribution in [0.5, 0.6) is 0 Å². The Morgan fingerprint density at radius 1 is 1.13 bits per heavy atom. The van der Waals surface area contributed by atoms with Gasteiger partial charge in [-0.15, -0.1) is 4.85 Å². The van der Waals surface area contributed by atoms with Gasteiger partial charge in [-0.1, -0.05) is 35.6 Å². The van der Waals surface area contributed by atoms with Crippen molar-refractivity contribution >= 4 is 17.9 Å². The molecule has 0 spiro atoms. The lowest BCUT2D eigenvalue weighted by Crippen LogP contribution is -2.54. The highest BCUT2D eigenvalue weighted by atomic mass is 16.6. The summed E-state index contributed by atoms with van der Waals surface area (Å²) in [5, 5.41) is 24.5. The van der Waals surface area contributed by atoms with Crippen molar-refractivity contribution in [2.24, 2.45) is 5.84 Å². The molecule has 1 amide bonds. The van der Waals surface area contributed by atoms with Crippen molar-refractivity contribution in [3.05, 3.63) is 71.2 Å². The molecule has 0 saturated carbocycles. The molecule has 11 nitrogen and oxygen atoms in total. The SMILES string of the molecule is NN1N(CCCCC(=O)O)N(C(=O)OCc2ccccc2)C(c2ccncc2)=[N+]1[O-]. The average Bonchev–Trinajstić information content (AvgIpc) is 3.01. The number of benzene rings is 1.